The maximum Gasteiger partial charge on any atom is 0.0320 e. The fraction of sp³-hybridized carbons (Fsp3) is 0.538. The average molecular weight is 206 g/mol. The van der Waals surface area contributed by atoms with Crippen LogP contribution in [0.4, 0.5) is 0 Å². The quantitative estimate of drug-likeness (QED) is 0.777. The Labute approximate surface area is 92.9 Å². The normalized spacial score (nSPS) is 12.8. The van der Waals surface area contributed by atoms with Crippen molar-refractivity contribution in [2.45, 2.75) is 39.3 Å². The van der Waals surface area contributed by atoms with Gasteiger partial charge in [0, 0.05) is 12.6 Å². The lowest BCUT2D eigenvalue weighted by atomic mass is 9.94. The van der Waals surface area contributed by atoms with Crippen molar-refractivity contribution in [3.05, 3.63) is 34.9 Å². The van der Waals surface area contributed by atoms with E-state index in [1.54, 1.807) is 0 Å². The number of benzene rings is 1. The van der Waals surface area contributed by atoms with Crippen molar-refractivity contribution in [3.63, 3.8) is 0 Å². The van der Waals surface area contributed by atoms with Crippen molar-refractivity contribution in [2.75, 3.05) is 7.05 Å². The van der Waals surface area contributed by atoms with Crippen LogP contribution in [-0.2, 0) is 6.54 Å². The van der Waals surface area contributed by atoms with Gasteiger partial charge in [0.2, 0.25) is 0 Å². The molecule has 0 amide bonds. The highest BCUT2D eigenvalue weighted by Gasteiger charge is 2.11. The number of hydrogen-bond acceptors (Lipinski definition) is 2. The molecule has 0 aromatic heterocycles. The number of rotatable bonds is 5. The fourth-order valence-corrected chi connectivity index (χ4v) is 2.05. The Hall–Kier alpha value is -0.860. The summed E-state index contributed by atoms with van der Waals surface area (Å²) in [4.78, 5) is 0. The summed E-state index contributed by atoms with van der Waals surface area (Å²) in [5.41, 5.74) is 9.70. The predicted octanol–water partition coefficient (Wildman–Crippen LogP) is 2.51. The maximum atomic E-state index is 5.71. The molecule has 0 radical (unpaired) electrons. The summed E-state index contributed by atoms with van der Waals surface area (Å²) in [5.74, 6) is 0. The Kier molecular flexibility index (Phi) is 4.79. The smallest absolute Gasteiger partial charge is 0.0320 e. The van der Waals surface area contributed by atoms with E-state index < -0.39 is 0 Å². The van der Waals surface area contributed by atoms with Crippen LogP contribution in [0, 0.1) is 6.92 Å². The molecule has 1 unspecified atom stereocenters. The molecule has 3 N–H and O–H groups in total. The molecule has 2 nitrogen and oxygen atoms in total. The molecule has 0 aliphatic heterocycles. The van der Waals surface area contributed by atoms with Crippen LogP contribution in [0.3, 0.4) is 0 Å². The van der Waals surface area contributed by atoms with Gasteiger partial charge in [-0.3, -0.25) is 0 Å². The highest BCUT2D eigenvalue weighted by molar-refractivity contribution is 5.36. The van der Waals surface area contributed by atoms with Gasteiger partial charge in [0.25, 0.3) is 0 Å². The van der Waals surface area contributed by atoms with Crippen LogP contribution in [0.25, 0.3) is 0 Å². The molecule has 0 aliphatic carbocycles. The molecule has 0 aliphatic rings. The van der Waals surface area contributed by atoms with E-state index in [4.69, 9.17) is 5.73 Å². The zero-order valence-electron chi connectivity index (χ0n) is 10.0. The van der Waals surface area contributed by atoms with Gasteiger partial charge < -0.3 is 11.1 Å². The van der Waals surface area contributed by atoms with Gasteiger partial charge in [-0.05, 0) is 37.1 Å². The second kappa shape index (κ2) is 5.89. The van der Waals surface area contributed by atoms with Crippen LogP contribution in [0.2, 0.25) is 0 Å². The van der Waals surface area contributed by atoms with E-state index in [2.05, 4.69) is 37.4 Å². The van der Waals surface area contributed by atoms with Crippen LogP contribution in [0.15, 0.2) is 18.2 Å². The van der Waals surface area contributed by atoms with Crippen LogP contribution in [0.1, 0.15) is 42.5 Å². The van der Waals surface area contributed by atoms with Gasteiger partial charge in [-0.15, -0.1) is 0 Å². The lowest BCUT2D eigenvalue weighted by Crippen LogP contribution is -2.18. The molecule has 1 rings (SSSR count). The van der Waals surface area contributed by atoms with E-state index in [1.165, 1.54) is 29.5 Å². The minimum absolute atomic E-state index is 0.460. The molecule has 84 valence electrons. The molecule has 1 aromatic rings. The molecular weight excluding hydrogens is 184 g/mol. The molecule has 15 heavy (non-hydrogen) atoms. The van der Waals surface area contributed by atoms with Crippen LogP contribution < -0.4 is 11.1 Å². The second-order valence-corrected chi connectivity index (χ2v) is 3.97. The summed E-state index contributed by atoms with van der Waals surface area (Å²) in [6.07, 6.45) is 2.36. The SMILES string of the molecule is CCCC(NC)c1cccc(CN)c1C. The molecule has 1 atom stereocenters. The zero-order valence-corrected chi connectivity index (χ0v) is 10.0. The lowest BCUT2D eigenvalue weighted by Gasteiger charge is -2.19. The highest BCUT2D eigenvalue weighted by atomic mass is 14.9. The Morgan fingerprint density at radius 1 is 1.40 bits per heavy atom. The Bertz CT molecular complexity index is 307. The van der Waals surface area contributed by atoms with E-state index in [1.807, 2.05) is 7.05 Å². The molecule has 0 heterocycles. The van der Waals surface area contributed by atoms with Gasteiger partial charge in [0.15, 0.2) is 0 Å². The Morgan fingerprint density at radius 2 is 2.13 bits per heavy atom. The van der Waals surface area contributed by atoms with Gasteiger partial charge in [-0.1, -0.05) is 31.5 Å². The first-order valence-electron chi connectivity index (χ1n) is 5.70. The van der Waals surface area contributed by atoms with E-state index in [0.29, 0.717) is 12.6 Å². The Balaban J connectivity index is 3.01. The van der Waals surface area contributed by atoms with Gasteiger partial charge in [0.1, 0.15) is 0 Å². The van der Waals surface area contributed by atoms with Crippen LogP contribution >= 0.6 is 0 Å². The molecule has 1 aromatic carbocycles. The summed E-state index contributed by atoms with van der Waals surface area (Å²) in [6.45, 7) is 5.01. The highest BCUT2D eigenvalue weighted by Crippen LogP contribution is 2.23. The molecule has 0 fully saturated rings. The van der Waals surface area contributed by atoms with E-state index >= 15 is 0 Å². The van der Waals surface area contributed by atoms with Crippen molar-refractivity contribution in [1.82, 2.24) is 5.32 Å². The second-order valence-electron chi connectivity index (χ2n) is 3.97. The topological polar surface area (TPSA) is 38.0 Å². The van der Waals surface area contributed by atoms with Crippen molar-refractivity contribution in [2.24, 2.45) is 5.73 Å². The predicted molar refractivity (Wildman–Crippen MR) is 65.8 cm³/mol. The Morgan fingerprint density at radius 3 is 2.67 bits per heavy atom. The molecule has 0 spiro atoms. The standard InChI is InChI=1S/C13H22N2/c1-4-6-13(15-3)12-8-5-7-11(9-14)10(12)2/h5,7-8,13,15H,4,6,9,14H2,1-3H3. The number of nitrogens with two attached hydrogens (primary N) is 1. The molecular formula is C13H22N2. The summed E-state index contributed by atoms with van der Waals surface area (Å²) in [5, 5.41) is 3.37. The third-order valence-electron chi connectivity index (χ3n) is 3.01. The van der Waals surface area contributed by atoms with Gasteiger partial charge in [-0.25, -0.2) is 0 Å². The van der Waals surface area contributed by atoms with E-state index in [0.717, 1.165) is 0 Å². The van der Waals surface area contributed by atoms with E-state index in [9.17, 15) is 0 Å². The first-order valence-corrected chi connectivity index (χ1v) is 5.70. The summed E-state index contributed by atoms with van der Waals surface area (Å²) in [7, 11) is 2.02. The van der Waals surface area contributed by atoms with Crippen molar-refractivity contribution < 1.29 is 0 Å². The van der Waals surface area contributed by atoms with E-state index in [-0.39, 0.29) is 0 Å². The van der Waals surface area contributed by atoms with Crippen LogP contribution in [-0.4, -0.2) is 7.05 Å². The van der Waals surface area contributed by atoms with Gasteiger partial charge in [-0.2, -0.15) is 0 Å². The molecule has 0 saturated carbocycles. The number of hydrogen-bond donors (Lipinski definition) is 2. The minimum atomic E-state index is 0.460. The largest absolute Gasteiger partial charge is 0.326 e. The van der Waals surface area contributed by atoms with Crippen LogP contribution in [0.5, 0.6) is 0 Å². The molecule has 2 heteroatoms. The summed E-state index contributed by atoms with van der Waals surface area (Å²) >= 11 is 0. The third kappa shape index (κ3) is 2.80. The summed E-state index contributed by atoms with van der Waals surface area (Å²) in [6, 6.07) is 6.87. The average Bonchev–Trinajstić information content (AvgIpc) is 2.27. The van der Waals surface area contributed by atoms with Crippen molar-refractivity contribution >= 4 is 0 Å². The number of nitrogens with one attached hydrogen (secondary N) is 1. The zero-order chi connectivity index (χ0) is 11.3. The molecule has 0 bridgehead atoms. The minimum Gasteiger partial charge on any atom is -0.326 e. The van der Waals surface area contributed by atoms with Gasteiger partial charge in [0.05, 0.1) is 0 Å². The lowest BCUT2D eigenvalue weighted by molar-refractivity contribution is 0.538. The monoisotopic (exact) mass is 206 g/mol. The first kappa shape index (κ1) is 12.2. The first-order chi connectivity index (χ1) is 7.24. The third-order valence-corrected chi connectivity index (χ3v) is 3.01. The fourth-order valence-electron chi connectivity index (χ4n) is 2.05. The summed E-state index contributed by atoms with van der Waals surface area (Å²) < 4.78 is 0. The molecule has 0 saturated heterocycles. The van der Waals surface area contributed by atoms with Crippen molar-refractivity contribution in [1.29, 1.82) is 0 Å². The van der Waals surface area contributed by atoms with Gasteiger partial charge >= 0.3 is 0 Å². The van der Waals surface area contributed by atoms with Crippen molar-refractivity contribution in [3.8, 4) is 0 Å². The maximum absolute atomic E-state index is 5.71.